The highest BCUT2D eigenvalue weighted by molar-refractivity contribution is 5.12. The van der Waals surface area contributed by atoms with E-state index in [0.29, 0.717) is 25.2 Å². The van der Waals surface area contributed by atoms with Crippen LogP contribution < -0.4 is 0 Å². The number of nitrogens with zero attached hydrogens (tertiary/aromatic N) is 1. The standard InChI is InChI=1S/C10H14FNO2/c1-2-14-4-3-10(13)8-5-9(11)7-12-6-8/h5-7,10,13H,2-4H2,1H3. The van der Waals surface area contributed by atoms with Crippen molar-refractivity contribution in [1.29, 1.82) is 0 Å². The number of aliphatic hydroxyl groups is 1. The summed E-state index contributed by atoms with van der Waals surface area (Å²) in [6.07, 6.45) is 2.32. The molecule has 1 aromatic heterocycles. The first-order chi connectivity index (χ1) is 6.74. The maximum atomic E-state index is 12.7. The van der Waals surface area contributed by atoms with Crippen LogP contribution in [0.5, 0.6) is 0 Å². The maximum Gasteiger partial charge on any atom is 0.141 e. The summed E-state index contributed by atoms with van der Waals surface area (Å²) < 4.78 is 17.8. The van der Waals surface area contributed by atoms with Gasteiger partial charge in [0.15, 0.2) is 0 Å². The van der Waals surface area contributed by atoms with Crippen molar-refractivity contribution in [3.63, 3.8) is 0 Å². The Hall–Kier alpha value is -1.00. The lowest BCUT2D eigenvalue weighted by molar-refractivity contribution is 0.0883. The molecule has 1 unspecified atom stereocenters. The minimum Gasteiger partial charge on any atom is -0.388 e. The minimum absolute atomic E-state index is 0.432. The van der Waals surface area contributed by atoms with Crippen LogP contribution >= 0.6 is 0 Å². The highest BCUT2D eigenvalue weighted by Gasteiger charge is 2.08. The molecule has 14 heavy (non-hydrogen) atoms. The molecule has 0 radical (unpaired) electrons. The Kier molecular flexibility index (Phi) is 4.49. The zero-order valence-corrected chi connectivity index (χ0v) is 8.11. The third kappa shape index (κ3) is 3.40. The van der Waals surface area contributed by atoms with Gasteiger partial charge in [-0.1, -0.05) is 0 Å². The van der Waals surface area contributed by atoms with Gasteiger partial charge in [0.1, 0.15) is 5.82 Å². The first-order valence-corrected chi connectivity index (χ1v) is 4.60. The summed E-state index contributed by atoms with van der Waals surface area (Å²) in [6, 6.07) is 1.28. The van der Waals surface area contributed by atoms with E-state index in [1.165, 1.54) is 12.3 Å². The number of aliphatic hydroxyl groups excluding tert-OH is 1. The van der Waals surface area contributed by atoms with E-state index in [1.54, 1.807) is 0 Å². The van der Waals surface area contributed by atoms with E-state index in [-0.39, 0.29) is 0 Å². The molecule has 0 saturated heterocycles. The number of hydrogen-bond donors (Lipinski definition) is 1. The molecule has 1 N–H and O–H groups in total. The molecule has 0 fully saturated rings. The number of halogens is 1. The Balaban J connectivity index is 2.47. The lowest BCUT2D eigenvalue weighted by Gasteiger charge is -2.09. The Morgan fingerprint density at radius 1 is 1.57 bits per heavy atom. The quantitative estimate of drug-likeness (QED) is 0.733. The molecule has 1 heterocycles. The molecule has 0 saturated carbocycles. The van der Waals surface area contributed by atoms with Crippen molar-refractivity contribution in [2.45, 2.75) is 19.4 Å². The van der Waals surface area contributed by atoms with Gasteiger partial charge in [-0.25, -0.2) is 4.39 Å². The number of ether oxygens (including phenoxy) is 1. The molecule has 0 amide bonds. The predicted molar refractivity (Wildman–Crippen MR) is 50.3 cm³/mol. The van der Waals surface area contributed by atoms with Crippen LogP contribution in [0, 0.1) is 5.82 Å². The van der Waals surface area contributed by atoms with Crippen LogP contribution in [0.3, 0.4) is 0 Å². The third-order valence-electron chi connectivity index (χ3n) is 1.85. The van der Waals surface area contributed by atoms with Crippen LogP contribution in [0.4, 0.5) is 4.39 Å². The van der Waals surface area contributed by atoms with E-state index in [0.717, 1.165) is 6.20 Å². The second kappa shape index (κ2) is 5.67. The molecule has 0 spiro atoms. The first-order valence-electron chi connectivity index (χ1n) is 4.60. The summed E-state index contributed by atoms with van der Waals surface area (Å²) in [6.45, 7) is 2.97. The molecule has 1 atom stereocenters. The van der Waals surface area contributed by atoms with Crippen LogP contribution in [0.2, 0.25) is 0 Å². The van der Waals surface area contributed by atoms with Gasteiger partial charge in [-0.15, -0.1) is 0 Å². The second-order valence-electron chi connectivity index (χ2n) is 2.94. The summed E-state index contributed by atoms with van der Waals surface area (Å²) in [5.74, 6) is -0.432. The fourth-order valence-corrected chi connectivity index (χ4v) is 1.12. The third-order valence-corrected chi connectivity index (χ3v) is 1.85. The van der Waals surface area contributed by atoms with Crippen molar-refractivity contribution < 1.29 is 14.2 Å². The second-order valence-corrected chi connectivity index (χ2v) is 2.94. The highest BCUT2D eigenvalue weighted by atomic mass is 19.1. The van der Waals surface area contributed by atoms with Crippen LogP contribution in [-0.2, 0) is 4.74 Å². The van der Waals surface area contributed by atoms with E-state index in [4.69, 9.17) is 4.74 Å². The van der Waals surface area contributed by atoms with Gasteiger partial charge in [-0.3, -0.25) is 4.98 Å². The average Bonchev–Trinajstić information content (AvgIpc) is 2.18. The molecule has 0 aliphatic carbocycles. The predicted octanol–water partition coefficient (Wildman–Crippen LogP) is 1.68. The SMILES string of the molecule is CCOCCC(O)c1cncc(F)c1. The highest BCUT2D eigenvalue weighted by Crippen LogP contribution is 2.15. The maximum absolute atomic E-state index is 12.7. The van der Waals surface area contributed by atoms with Gasteiger partial charge in [0.05, 0.1) is 12.3 Å². The molecule has 78 valence electrons. The topological polar surface area (TPSA) is 42.4 Å². The van der Waals surface area contributed by atoms with Gasteiger partial charge in [-0.05, 0) is 13.0 Å². The van der Waals surface area contributed by atoms with Gasteiger partial charge >= 0.3 is 0 Å². The lowest BCUT2D eigenvalue weighted by Crippen LogP contribution is -2.04. The van der Waals surface area contributed by atoms with Gasteiger partial charge < -0.3 is 9.84 Å². The Bertz CT molecular complexity index is 281. The van der Waals surface area contributed by atoms with E-state index in [9.17, 15) is 9.50 Å². The molecule has 1 aromatic rings. The molecule has 0 aliphatic rings. The smallest absolute Gasteiger partial charge is 0.141 e. The molecular formula is C10H14FNO2. The fraction of sp³-hybridized carbons (Fsp3) is 0.500. The van der Waals surface area contributed by atoms with Gasteiger partial charge in [-0.2, -0.15) is 0 Å². The summed E-state index contributed by atoms with van der Waals surface area (Å²) in [5.41, 5.74) is 0.490. The van der Waals surface area contributed by atoms with E-state index < -0.39 is 11.9 Å². The van der Waals surface area contributed by atoms with Crippen molar-refractivity contribution >= 4 is 0 Å². The van der Waals surface area contributed by atoms with Crippen LogP contribution in [0.25, 0.3) is 0 Å². The molecule has 0 aliphatic heterocycles. The minimum atomic E-state index is -0.704. The van der Waals surface area contributed by atoms with E-state index in [1.807, 2.05) is 6.92 Å². The van der Waals surface area contributed by atoms with Gasteiger partial charge in [0.25, 0.3) is 0 Å². The average molecular weight is 199 g/mol. The Labute approximate surface area is 82.5 Å². The first kappa shape index (κ1) is 11.1. The van der Waals surface area contributed by atoms with Crippen molar-refractivity contribution in [3.05, 3.63) is 29.8 Å². The summed E-state index contributed by atoms with van der Waals surface area (Å²) >= 11 is 0. The number of hydrogen-bond acceptors (Lipinski definition) is 3. The fourth-order valence-electron chi connectivity index (χ4n) is 1.12. The molecular weight excluding hydrogens is 185 g/mol. The molecule has 0 aromatic carbocycles. The van der Waals surface area contributed by atoms with E-state index >= 15 is 0 Å². The summed E-state index contributed by atoms with van der Waals surface area (Å²) in [4.78, 5) is 3.66. The zero-order valence-electron chi connectivity index (χ0n) is 8.11. The monoisotopic (exact) mass is 199 g/mol. The Morgan fingerprint density at radius 3 is 3.00 bits per heavy atom. The molecule has 0 bridgehead atoms. The van der Waals surface area contributed by atoms with Gasteiger partial charge in [0.2, 0.25) is 0 Å². The zero-order chi connectivity index (χ0) is 10.4. The van der Waals surface area contributed by atoms with Crippen molar-refractivity contribution in [2.75, 3.05) is 13.2 Å². The van der Waals surface area contributed by atoms with E-state index in [2.05, 4.69) is 4.98 Å². The van der Waals surface area contributed by atoms with Crippen molar-refractivity contribution in [3.8, 4) is 0 Å². The molecule has 1 rings (SSSR count). The number of pyridine rings is 1. The Morgan fingerprint density at radius 2 is 2.36 bits per heavy atom. The molecule has 4 heteroatoms. The number of aromatic nitrogens is 1. The molecule has 3 nitrogen and oxygen atoms in total. The lowest BCUT2D eigenvalue weighted by atomic mass is 10.1. The summed E-state index contributed by atoms with van der Waals surface area (Å²) in [7, 11) is 0. The number of rotatable bonds is 5. The van der Waals surface area contributed by atoms with Crippen LogP contribution in [0.15, 0.2) is 18.5 Å². The van der Waals surface area contributed by atoms with Crippen molar-refractivity contribution in [1.82, 2.24) is 4.98 Å². The summed E-state index contributed by atoms with van der Waals surface area (Å²) in [5, 5.41) is 9.58. The van der Waals surface area contributed by atoms with Crippen LogP contribution in [0.1, 0.15) is 25.0 Å². The largest absolute Gasteiger partial charge is 0.388 e. The van der Waals surface area contributed by atoms with Crippen molar-refractivity contribution in [2.24, 2.45) is 0 Å². The van der Waals surface area contributed by atoms with Crippen LogP contribution in [-0.4, -0.2) is 23.3 Å². The normalized spacial score (nSPS) is 12.8. The van der Waals surface area contributed by atoms with Gasteiger partial charge in [0, 0.05) is 31.4 Å².